The summed E-state index contributed by atoms with van der Waals surface area (Å²) in [5.41, 5.74) is 2.71. The maximum Gasteiger partial charge on any atom is 0.263 e. The van der Waals surface area contributed by atoms with Crippen LogP contribution in [0.15, 0.2) is 53.7 Å². The minimum atomic E-state index is -3.82. The van der Waals surface area contributed by atoms with Crippen molar-refractivity contribution in [2.45, 2.75) is 30.7 Å². The summed E-state index contributed by atoms with van der Waals surface area (Å²) in [4.78, 5) is 35.5. The first-order valence-electron chi connectivity index (χ1n) is 11.8. The van der Waals surface area contributed by atoms with E-state index in [2.05, 4.69) is 19.0 Å². The number of anilines is 3. The van der Waals surface area contributed by atoms with Gasteiger partial charge in [0.05, 0.1) is 4.90 Å². The second kappa shape index (κ2) is 10.3. The van der Waals surface area contributed by atoms with Gasteiger partial charge in [-0.25, -0.2) is 13.4 Å². The van der Waals surface area contributed by atoms with Gasteiger partial charge in [0.2, 0.25) is 16.9 Å². The third kappa shape index (κ3) is 5.27. The van der Waals surface area contributed by atoms with Crippen LogP contribution in [0.25, 0.3) is 0 Å². The van der Waals surface area contributed by atoms with Crippen molar-refractivity contribution in [2.24, 2.45) is 0 Å². The van der Waals surface area contributed by atoms with E-state index in [-0.39, 0.29) is 31.2 Å². The van der Waals surface area contributed by atoms with Crippen LogP contribution in [0.5, 0.6) is 0 Å². The van der Waals surface area contributed by atoms with Crippen molar-refractivity contribution in [3.05, 3.63) is 59.4 Å². The number of aryl methyl sites for hydroxylation is 1. The number of carbonyl (C=O) groups is 2. The first kappa shape index (κ1) is 25.4. The number of hydrogen-bond acceptors (Lipinski definition) is 8. The molecule has 1 saturated heterocycles. The Balaban J connectivity index is 0.00000210. The number of carbonyl (C=O) groups excluding carboxylic acids is 2. The maximum absolute atomic E-state index is 13.4. The van der Waals surface area contributed by atoms with Crippen molar-refractivity contribution in [1.29, 1.82) is 0 Å². The molecule has 2 aromatic carbocycles. The molecule has 1 atom stereocenters. The fourth-order valence-electron chi connectivity index (χ4n) is 4.73. The van der Waals surface area contributed by atoms with Gasteiger partial charge < -0.3 is 14.7 Å². The van der Waals surface area contributed by atoms with Crippen molar-refractivity contribution in [3.63, 3.8) is 0 Å². The van der Waals surface area contributed by atoms with E-state index in [0.717, 1.165) is 42.2 Å². The Morgan fingerprint density at radius 3 is 2.65 bits per heavy atom. The molecule has 2 aliphatic rings. The summed E-state index contributed by atoms with van der Waals surface area (Å²) in [5.74, 6) is -0.319. The molecule has 1 aromatic heterocycles. The number of fused-ring (bicyclic) bond motifs is 1. The van der Waals surface area contributed by atoms with Crippen LogP contribution >= 0.6 is 23.1 Å². The van der Waals surface area contributed by atoms with Gasteiger partial charge in [-0.05, 0) is 67.8 Å². The molecule has 3 heterocycles. The molecule has 13 heteroatoms. The predicted molar refractivity (Wildman–Crippen MR) is 147 cm³/mol. The number of nitrogens with zero attached hydrogens (tertiary/aromatic N) is 5. The minimum absolute atomic E-state index is 0. The van der Waals surface area contributed by atoms with E-state index in [0.29, 0.717) is 23.8 Å². The molecular weight excluding hydrogens is 536 g/mol. The summed E-state index contributed by atoms with van der Waals surface area (Å²) >= 11 is 7.09. The Bertz CT molecular complexity index is 1430. The molecule has 0 aliphatic carbocycles. The zero-order valence-electron chi connectivity index (χ0n) is 20.0. The summed E-state index contributed by atoms with van der Waals surface area (Å²) < 4.78 is 31.2. The van der Waals surface area contributed by atoms with Crippen molar-refractivity contribution in [2.75, 3.05) is 40.7 Å². The SMILES string of the molecule is C[C@H](C(=O)N1CCN(c2ccc(S(=O)(=O)Nc3ncns3)cc2)C(=O)C1)N1CCCc2cc(Cl)ccc21.[HH].[HH]. The molecule has 2 aliphatic heterocycles. The Kier molecular flexibility index (Phi) is 7.06. The molecule has 0 saturated carbocycles. The van der Waals surface area contributed by atoms with E-state index in [9.17, 15) is 18.0 Å². The van der Waals surface area contributed by atoms with Gasteiger partial charge in [0, 0.05) is 50.4 Å². The van der Waals surface area contributed by atoms with Crippen LogP contribution in [0.4, 0.5) is 16.5 Å². The average Bonchev–Trinajstić information content (AvgIpc) is 3.39. The summed E-state index contributed by atoms with van der Waals surface area (Å²) in [6, 6.07) is 11.4. The quantitative estimate of drug-likeness (QED) is 0.487. The summed E-state index contributed by atoms with van der Waals surface area (Å²) in [6.45, 7) is 3.30. The number of piperazine rings is 1. The fourth-order valence-corrected chi connectivity index (χ4v) is 6.58. The molecular formula is C24H29ClN6O4S2. The molecule has 0 spiro atoms. The van der Waals surface area contributed by atoms with Crippen LogP contribution in [0, 0.1) is 0 Å². The second-order valence-corrected chi connectivity index (χ2v) is 11.8. The van der Waals surface area contributed by atoms with E-state index in [1.54, 1.807) is 21.9 Å². The average molecular weight is 565 g/mol. The van der Waals surface area contributed by atoms with Crippen molar-refractivity contribution >= 4 is 61.5 Å². The highest BCUT2D eigenvalue weighted by molar-refractivity contribution is 7.93. The Labute approximate surface area is 227 Å². The van der Waals surface area contributed by atoms with E-state index in [4.69, 9.17) is 11.6 Å². The van der Waals surface area contributed by atoms with Gasteiger partial charge in [-0.1, -0.05) is 11.6 Å². The molecule has 0 radical (unpaired) electrons. The van der Waals surface area contributed by atoms with Gasteiger partial charge in [0.15, 0.2) is 0 Å². The van der Waals surface area contributed by atoms with Crippen LogP contribution in [0.2, 0.25) is 5.02 Å². The third-order valence-electron chi connectivity index (χ3n) is 6.60. The molecule has 5 rings (SSSR count). The molecule has 0 unspecified atom stereocenters. The number of hydrogen-bond donors (Lipinski definition) is 1. The highest BCUT2D eigenvalue weighted by Crippen LogP contribution is 2.31. The maximum atomic E-state index is 13.4. The number of nitrogens with one attached hydrogen (secondary N) is 1. The third-order valence-corrected chi connectivity index (χ3v) is 8.89. The van der Waals surface area contributed by atoms with Crippen molar-refractivity contribution in [3.8, 4) is 0 Å². The zero-order chi connectivity index (χ0) is 26.2. The molecule has 2 amide bonds. The summed E-state index contributed by atoms with van der Waals surface area (Å²) in [5, 5.41) is 0.853. The lowest BCUT2D eigenvalue weighted by molar-refractivity contribution is -0.137. The summed E-state index contributed by atoms with van der Waals surface area (Å²) in [6.07, 6.45) is 3.12. The van der Waals surface area contributed by atoms with Crippen LogP contribution in [-0.4, -0.2) is 66.7 Å². The molecule has 1 N–H and O–H groups in total. The van der Waals surface area contributed by atoms with Crippen molar-refractivity contribution in [1.82, 2.24) is 14.3 Å². The van der Waals surface area contributed by atoms with Gasteiger partial charge in [0.1, 0.15) is 18.9 Å². The predicted octanol–water partition coefficient (Wildman–Crippen LogP) is 3.50. The number of halogens is 1. The van der Waals surface area contributed by atoms with Crippen LogP contribution in [-0.2, 0) is 26.0 Å². The van der Waals surface area contributed by atoms with Gasteiger partial charge in [-0.3, -0.25) is 14.3 Å². The first-order chi connectivity index (χ1) is 17.7. The number of amides is 2. The molecule has 10 nitrogen and oxygen atoms in total. The molecule has 198 valence electrons. The Hall–Kier alpha value is -3.22. The van der Waals surface area contributed by atoms with Gasteiger partial charge in [0.25, 0.3) is 10.0 Å². The van der Waals surface area contributed by atoms with E-state index >= 15 is 0 Å². The lowest BCUT2D eigenvalue weighted by atomic mass is 10.00. The standard InChI is InChI=1S/C24H25ClN6O4S2.2H2/c1-16(30-10-2-3-17-13-18(25)4-9-21(17)30)23(33)29-11-12-31(22(32)14-29)19-5-7-20(8-6-19)37(34,35)28-24-26-15-27-36-24;;/h4-9,13,15-16H,2-3,10-12,14H2,1H3,(H,26,27,28);2*1H/t16-;;/m1../s1. The smallest absolute Gasteiger partial charge is 0.263 e. The monoisotopic (exact) mass is 564 g/mol. The van der Waals surface area contributed by atoms with Crippen molar-refractivity contribution < 1.29 is 20.9 Å². The molecule has 1 fully saturated rings. The van der Waals surface area contributed by atoms with Crippen LogP contribution in [0.1, 0.15) is 21.8 Å². The lowest BCUT2D eigenvalue weighted by Gasteiger charge is -2.40. The highest BCUT2D eigenvalue weighted by Gasteiger charge is 2.34. The van der Waals surface area contributed by atoms with Gasteiger partial charge >= 0.3 is 0 Å². The van der Waals surface area contributed by atoms with E-state index < -0.39 is 16.1 Å². The molecule has 3 aromatic rings. The van der Waals surface area contributed by atoms with E-state index in [1.807, 2.05) is 25.1 Å². The summed E-state index contributed by atoms with van der Waals surface area (Å²) in [7, 11) is -3.82. The topological polar surface area (TPSA) is 116 Å². The first-order valence-corrected chi connectivity index (χ1v) is 14.4. The fraction of sp³-hybridized carbons (Fsp3) is 0.333. The lowest BCUT2D eigenvalue weighted by Crippen LogP contribution is -2.57. The highest BCUT2D eigenvalue weighted by atomic mass is 35.5. The number of sulfonamides is 1. The second-order valence-electron chi connectivity index (χ2n) is 8.90. The van der Waals surface area contributed by atoms with Crippen LogP contribution < -0.4 is 14.5 Å². The van der Waals surface area contributed by atoms with Gasteiger partial charge in [-0.15, -0.1) is 0 Å². The minimum Gasteiger partial charge on any atom is -0.360 e. The largest absolute Gasteiger partial charge is 0.360 e. The van der Waals surface area contributed by atoms with Crippen LogP contribution in [0.3, 0.4) is 0 Å². The molecule has 0 bridgehead atoms. The Morgan fingerprint density at radius 1 is 1.16 bits per heavy atom. The number of rotatable bonds is 6. The number of benzene rings is 2. The normalized spacial score (nSPS) is 16.9. The zero-order valence-corrected chi connectivity index (χ0v) is 22.4. The van der Waals surface area contributed by atoms with E-state index in [1.165, 1.54) is 18.5 Å². The molecule has 37 heavy (non-hydrogen) atoms. The number of aromatic nitrogens is 2. The Morgan fingerprint density at radius 2 is 1.95 bits per heavy atom. The van der Waals surface area contributed by atoms with Gasteiger partial charge in [-0.2, -0.15) is 4.37 Å².